The van der Waals surface area contributed by atoms with Crippen LogP contribution in [0.25, 0.3) is 33.3 Å². The average Bonchev–Trinajstić information content (AvgIpc) is 3.48. The first-order valence-electron chi connectivity index (χ1n) is 18.1. The number of fused-ring (bicyclic) bond motifs is 1. The van der Waals surface area contributed by atoms with E-state index in [0.717, 1.165) is 88.9 Å². The van der Waals surface area contributed by atoms with Gasteiger partial charge in [-0.15, -0.1) is 0 Å². The van der Waals surface area contributed by atoms with Gasteiger partial charge in [-0.3, -0.25) is 9.59 Å². The highest BCUT2D eigenvalue weighted by Gasteiger charge is 2.28. The van der Waals surface area contributed by atoms with Crippen LogP contribution in [0.3, 0.4) is 0 Å². The molecule has 1 saturated carbocycles. The highest BCUT2D eigenvalue weighted by Crippen LogP contribution is 2.44. The zero-order valence-electron chi connectivity index (χ0n) is 29.1. The Hall–Kier alpha value is -4.88. The van der Waals surface area contributed by atoms with E-state index in [-0.39, 0.29) is 18.4 Å². The van der Waals surface area contributed by atoms with Crippen LogP contribution in [0.1, 0.15) is 85.2 Å². The average molecular weight is 702 g/mol. The first kappa shape index (κ1) is 34.6. The molecule has 7 nitrogen and oxygen atoms in total. The molecular formula is C43H44ClN3O4. The van der Waals surface area contributed by atoms with Crippen molar-refractivity contribution in [2.75, 3.05) is 13.7 Å². The van der Waals surface area contributed by atoms with E-state index in [0.29, 0.717) is 29.7 Å². The van der Waals surface area contributed by atoms with Gasteiger partial charge in [-0.05, 0) is 121 Å². The van der Waals surface area contributed by atoms with Gasteiger partial charge in [0.05, 0.1) is 18.3 Å². The Labute approximate surface area is 304 Å². The van der Waals surface area contributed by atoms with Gasteiger partial charge in [0, 0.05) is 34.3 Å². The molecule has 2 amide bonds. The van der Waals surface area contributed by atoms with Gasteiger partial charge in [-0.1, -0.05) is 61.5 Å². The predicted octanol–water partition coefficient (Wildman–Crippen LogP) is 10.2. The molecule has 262 valence electrons. The van der Waals surface area contributed by atoms with E-state index in [1.54, 1.807) is 13.3 Å². The maximum absolute atomic E-state index is 13.4. The van der Waals surface area contributed by atoms with Crippen LogP contribution in [-0.2, 0) is 17.9 Å². The van der Waals surface area contributed by atoms with Crippen molar-refractivity contribution >= 4 is 40.5 Å². The van der Waals surface area contributed by atoms with Gasteiger partial charge >= 0.3 is 0 Å². The van der Waals surface area contributed by atoms with E-state index < -0.39 is 0 Å². The first-order valence-corrected chi connectivity index (χ1v) is 18.5. The van der Waals surface area contributed by atoms with Gasteiger partial charge in [-0.25, -0.2) is 4.99 Å². The Kier molecular flexibility index (Phi) is 10.8. The minimum Gasteiger partial charge on any atom is -0.497 e. The highest BCUT2D eigenvalue weighted by atomic mass is 35.5. The number of methoxy groups -OCH3 is 1. The Morgan fingerprint density at radius 1 is 0.804 bits per heavy atom. The lowest BCUT2D eigenvalue weighted by atomic mass is 9.81. The van der Waals surface area contributed by atoms with Crippen molar-refractivity contribution in [3.8, 4) is 33.9 Å². The molecule has 0 radical (unpaired) electrons. The summed E-state index contributed by atoms with van der Waals surface area (Å²) in [6.45, 7) is 1.07. The van der Waals surface area contributed by atoms with Crippen LogP contribution in [0, 0.1) is 0 Å². The van der Waals surface area contributed by atoms with Crippen LogP contribution in [0.5, 0.6) is 11.5 Å². The lowest BCUT2D eigenvalue weighted by Gasteiger charge is -2.23. The van der Waals surface area contributed by atoms with Crippen molar-refractivity contribution in [3.63, 3.8) is 0 Å². The van der Waals surface area contributed by atoms with Gasteiger partial charge in [0.1, 0.15) is 24.7 Å². The van der Waals surface area contributed by atoms with Gasteiger partial charge in [0.25, 0.3) is 11.8 Å². The number of aromatic nitrogens is 1. The largest absolute Gasteiger partial charge is 0.497 e. The maximum atomic E-state index is 13.4. The molecule has 0 spiro atoms. The molecule has 2 heterocycles. The Morgan fingerprint density at radius 3 is 2.31 bits per heavy atom. The third kappa shape index (κ3) is 7.89. The number of aliphatic imine (C=N–C) groups is 1. The van der Waals surface area contributed by atoms with Crippen LogP contribution >= 0.6 is 11.6 Å². The molecule has 1 aliphatic carbocycles. The van der Waals surface area contributed by atoms with E-state index in [1.807, 2.05) is 66.7 Å². The number of carbonyl (C=O) groups excluding carboxylic acids is 2. The predicted molar refractivity (Wildman–Crippen MR) is 205 cm³/mol. The minimum atomic E-state index is -0.192. The number of carbonyl (C=O) groups is 2. The van der Waals surface area contributed by atoms with E-state index in [4.69, 9.17) is 21.1 Å². The van der Waals surface area contributed by atoms with E-state index in [1.165, 1.54) is 24.8 Å². The summed E-state index contributed by atoms with van der Waals surface area (Å²) in [5.74, 6) is 1.58. The number of benzene rings is 4. The van der Waals surface area contributed by atoms with Crippen molar-refractivity contribution in [1.82, 2.24) is 9.88 Å². The van der Waals surface area contributed by atoms with Gasteiger partial charge in [-0.2, -0.15) is 0 Å². The van der Waals surface area contributed by atoms with Gasteiger partial charge in [0.2, 0.25) is 0 Å². The van der Waals surface area contributed by atoms with Gasteiger partial charge in [0.15, 0.2) is 0 Å². The Bertz CT molecular complexity index is 2040. The Balaban J connectivity index is 1.26. The van der Waals surface area contributed by atoms with Crippen LogP contribution in [0.2, 0.25) is 5.02 Å². The highest BCUT2D eigenvalue weighted by molar-refractivity contribution is 6.30. The second-order valence-corrected chi connectivity index (χ2v) is 14.0. The first-order chi connectivity index (χ1) is 25.0. The number of hydrogen-bond donors (Lipinski definition) is 1. The van der Waals surface area contributed by atoms with E-state index >= 15 is 0 Å². The number of hydrogen-bond acceptors (Lipinski definition) is 4. The van der Waals surface area contributed by atoms with Crippen molar-refractivity contribution in [2.24, 2.45) is 4.99 Å². The second-order valence-electron chi connectivity index (χ2n) is 13.6. The Morgan fingerprint density at radius 2 is 1.53 bits per heavy atom. The van der Waals surface area contributed by atoms with Crippen LogP contribution in [0.4, 0.5) is 0 Å². The monoisotopic (exact) mass is 701 g/mol. The number of rotatable bonds is 7. The molecule has 4 aromatic carbocycles. The number of amides is 2. The molecule has 1 fully saturated rings. The lowest BCUT2D eigenvalue weighted by molar-refractivity contribution is -0.118. The normalized spacial score (nSPS) is 16.1. The molecule has 5 aromatic rings. The van der Waals surface area contributed by atoms with Crippen LogP contribution in [-0.4, -0.2) is 36.3 Å². The third-order valence-electron chi connectivity index (χ3n) is 10.2. The minimum absolute atomic E-state index is 0.0837. The van der Waals surface area contributed by atoms with Crippen LogP contribution in [0.15, 0.2) is 89.9 Å². The lowest BCUT2D eigenvalue weighted by Crippen LogP contribution is -2.24. The maximum Gasteiger partial charge on any atom is 0.265 e. The van der Waals surface area contributed by atoms with Gasteiger partial charge < -0.3 is 19.4 Å². The van der Waals surface area contributed by atoms with E-state index in [9.17, 15) is 9.59 Å². The van der Waals surface area contributed by atoms with Crippen molar-refractivity contribution in [1.29, 1.82) is 0 Å². The zero-order chi connectivity index (χ0) is 35.2. The summed E-state index contributed by atoms with van der Waals surface area (Å²) in [5.41, 5.74) is 7.87. The summed E-state index contributed by atoms with van der Waals surface area (Å²) in [6, 6.07) is 27.9. The summed E-state index contributed by atoms with van der Waals surface area (Å²) in [7, 11) is 1.66. The number of ether oxygens (including phenoxy) is 2. The molecule has 7 rings (SSSR count). The van der Waals surface area contributed by atoms with Crippen molar-refractivity contribution in [3.05, 3.63) is 107 Å². The summed E-state index contributed by atoms with van der Waals surface area (Å²) >= 11 is 6.17. The third-order valence-corrected chi connectivity index (χ3v) is 10.4. The molecule has 0 saturated heterocycles. The fourth-order valence-electron chi connectivity index (χ4n) is 7.58. The molecule has 51 heavy (non-hydrogen) atoms. The molecule has 0 unspecified atom stereocenters. The fourth-order valence-corrected chi connectivity index (χ4v) is 7.70. The molecule has 1 aromatic heterocycles. The standard InChI is InChI=1S/C43H44ClN3O4/c1-50-36-20-22-37(29-11-16-34(44)17-12-29)33(25-36)28-51-35-18-13-31(14-19-35)42-41(30-9-5-4-6-10-30)38-21-15-32-26-39(38)47(42)27-40(48)45-23-7-2-3-8-24-46-43(32)49/h11-23,25-26,30H,2-10,24,27-28H2,1H3,(H,46,49). The molecule has 0 atom stereocenters. The summed E-state index contributed by atoms with van der Waals surface area (Å²) in [6.07, 6.45) is 11.1. The molecule has 8 heteroatoms. The molecule has 1 aliphatic heterocycles. The van der Waals surface area contributed by atoms with Crippen molar-refractivity contribution in [2.45, 2.75) is 76.9 Å². The molecule has 2 bridgehead atoms. The second kappa shape index (κ2) is 16.0. The smallest absolute Gasteiger partial charge is 0.265 e. The molecular weight excluding hydrogens is 658 g/mol. The summed E-state index contributed by atoms with van der Waals surface area (Å²) in [5, 5.41) is 4.88. The number of halogens is 1. The van der Waals surface area contributed by atoms with Crippen molar-refractivity contribution < 1.29 is 19.1 Å². The van der Waals surface area contributed by atoms with E-state index in [2.05, 4.69) is 33.1 Å². The zero-order valence-corrected chi connectivity index (χ0v) is 29.9. The summed E-state index contributed by atoms with van der Waals surface area (Å²) < 4.78 is 14.0. The van der Waals surface area contributed by atoms with Crippen LogP contribution < -0.4 is 14.8 Å². The summed E-state index contributed by atoms with van der Waals surface area (Å²) in [4.78, 5) is 31.0. The number of nitrogens with zero attached hydrogens (tertiary/aromatic N) is 2. The topological polar surface area (TPSA) is 81.9 Å². The molecule has 2 aliphatic rings. The fraction of sp³-hybridized carbons (Fsp3) is 0.326. The number of nitrogens with one attached hydrogen (secondary N) is 1. The SMILES string of the molecule is COc1ccc(-c2ccc(Cl)cc2)c(COc2ccc(-c3c(C4CCCCC4)c4ccc5cc4n3CC(=O)N=CCCCCCNC5=O)cc2)c1. The molecule has 1 N–H and O–H groups in total. The quantitative estimate of drug-likeness (QED) is 0.183.